The first kappa shape index (κ1) is 22.1. The third-order valence-corrected chi connectivity index (χ3v) is 4.47. The molecule has 6 heteroatoms. The van der Waals surface area contributed by atoms with Crippen LogP contribution in [0, 0.1) is 5.92 Å². The van der Waals surface area contributed by atoms with Crippen molar-refractivity contribution in [2.75, 3.05) is 35.0 Å². The molecule has 2 aromatic carbocycles. The highest BCUT2D eigenvalue weighted by atomic mass is 16.5. The van der Waals surface area contributed by atoms with Crippen LogP contribution in [-0.4, -0.2) is 40.9 Å². The molecule has 2 aromatic rings. The van der Waals surface area contributed by atoms with E-state index in [4.69, 9.17) is 18.9 Å². The van der Waals surface area contributed by atoms with Crippen LogP contribution in [0.1, 0.15) is 25.0 Å². The monoisotopic (exact) mass is 399 g/mol. The summed E-state index contributed by atoms with van der Waals surface area (Å²) in [5.74, 6) is 2.35. The van der Waals surface area contributed by atoms with E-state index < -0.39 is 0 Å². The molecule has 2 rings (SSSR count). The maximum absolute atomic E-state index is 12.1. The number of hydrogen-bond acceptors (Lipinski definition) is 5. The Balaban J connectivity index is 2.48. The first-order chi connectivity index (χ1) is 13.9. The Kier molecular flexibility index (Phi) is 7.95. The molecule has 0 unspecified atom stereocenters. The predicted molar refractivity (Wildman–Crippen MR) is 115 cm³/mol. The Morgan fingerprint density at radius 3 is 1.97 bits per heavy atom. The molecule has 0 atom stereocenters. The summed E-state index contributed by atoms with van der Waals surface area (Å²) in [5, 5.41) is 2.98. The number of amides is 1. The lowest BCUT2D eigenvalue weighted by atomic mass is 10.0. The highest BCUT2D eigenvalue weighted by Gasteiger charge is 2.14. The van der Waals surface area contributed by atoms with E-state index >= 15 is 0 Å². The van der Waals surface area contributed by atoms with Crippen LogP contribution in [-0.2, 0) is 4.79 Å². The summed E-state index contributed by atoms with van der Waals surface area (Å²) in [4.78, 5) is 12.1. The van der Waals surface area contributed by atoms with Gasteiger partial charge in [0, 0.05) is 12.5 Å². The first-order valence-corrected chi connectivity index (χ1v) is 9.36. The molecule has 0 radical (unpaired) electrons. The molecule has 0 spiro atoms. The number of hydrogen-bond donors (Lipinski definition) is 1. The fraction of sp³-hybridized carbons (Fsp3) is 0.348. The number of ether oxygens (including phenoxy) is 4. The molecule has 29 heavy (non-hydrogen) atoms. The average Bonchev–Trinajstić information content (AvgIpc) is 2.75. The Morgan fingerprint density at radius 2 is 1.52 bits per heavy atom. The largest absolute Gasteiger partial charge is 0.497 e. The normalized spacial score (nSPS) is 11.2. The second-order valence-electron chi connectivity index (χ2n) is 6.73. The van der Waals surface area contributed by atoms with Gasteiger partial charge in [-0.05, 0) is 47.0 Å². The fourth-order valence-electron chi connectivity index (χ4n) is 2.81. The zero-order valence-corrected chi connectivity index (χ0v) is 17.9. The molecule has 1 N–H and O–H groups in total. The summed E-state index contributed by atoms with van der Waals surface area (Å²) in [6, 6.07) is 11.4. The van der Waals surface area contributed by atoms with E-state index in [1.807, 2.05) is 56.3 Å². The highest BCUT2D eigenvalue weighted by molar-refractivity contribution is 5.87. The van der Waals surface area contributed by atoms with E-state index in [1.54, 1.807) is 28.4 Å². The smallest absolute Gasteiger partial charge is 0.222 e. The quantitative estimate of drug-likeness (QED) is 0.645. The molecule has 1 amide bonds. The van der Waals surface area contributed by atoms with Crippen molar-refractivity contribution in [2.24, 2.45) is 5.92 Å². The van der Waals surface area contributed by atoms with Gasteiger partial charge in [0.1, 0.15) is 5.75 Å². The van der Waals surface area contributed by atoms with Crippen molar-refractivity contribution in [1.29, 1.82) is 0 Å². The summed E-state index contributed by atoms with van der Waals surface area (Å²) in [7, 11) is 6.36. The summed E-state index contributed by atoms with van der Waals surface area (Å²) >= 11 is 0. The van der Waals surface area contributed by atoms with Crippen molar-refractivity contribution in [3.8, 4) is 23.0 Å². The standard InChI is InChI=1S/C23H29NO5/c1-15(2)23(25)24-14-18(17-7-9-19(26-3)10-8-17)11-16-12-20(27-4)22(29-6)21(13-16)28-5/h7-13,15H,14H2,1-6H3,(H,24,25)/b18-11-. The maximum Gasteiger partial charge on any atom is 0.222 e. The Bertz CT molecular complexity index is 831. The van der Waals surface area contributed by atoms with Crippen LogP contribution in [0.15, 0.2) is 36.4 Å². The maximum atomic E-state index is 12.1. The molecule has 0 saturated carbocycles. The number of benzene rings is 2. The van der Waals surface area contributed by atoms with Gasteiger partial charge in [-0.25, -0.2) is 0 Å². The molecule has 156 valence electrons. The van der Waals surface area contributed by atoms with Crippen molar-refractivity contribution >= 4 is 17.6 Å². The number of nitrogens with one attached hydrogen (secondary N) is 1. The number of rotatable bonds is 9. The van der Waals surface area contributed by atoms with Gasteiger partial charge in [-0.3, -0.25) is 4.79 Å². The molecule has 0 bridgehead atoms. The third kappa shape index (κ3) is 5.67. The summed E-state index contributed by atoms with van der Waals surface area (Å²) in [5.41, 5.74) is 2.78. The summed E-state index contributed by atoms with van der Waals surface area (Å²) in [6.45, 7) is 4.12. The minimum Gasteiger partial charge on any atom is -0.497 e. The Hall–Kier alpha value is -3.15. The van der Waals surface area contributed by atoms with E-state index in [9.17, 15) is 4.79 Å². The highest BCUT2D eigenvalue weighted by Crippen LogP contribution is 2.39. The van der Waals surface area contributed by atoms with Gasteiger partial charge in [0.15, 0.2) is 11.5 Å². The van der Waals surface area contributed by atoms with Crippen LogP contribution in [0.5, 0.6) is 23.0 Å². The van der Waals surface area contributed by atoms with Crippen molar-refractivity contribution in [3.05, 3.63) is 47.5 Å². The fourth-order valence-corrected chi connectivity index (χ4v) is 2.81. The van der Waals surface area contributed by atoms with Gasteiger partial charge in [0.2, 0.25) is 11.7 Å². The van der Waals surface area contributed by atoms with Gasteiger partial charge < -0.3 is 24.3 Å². The Morgan fingerprint density at radius 1 is 0.931 bits per heavy atom. The van der Waals surface area contributed by atoms with Crippen LogP contribution >= 0.6 is 0 Å². The van der Waals surface area contributed by atoms with Crippen molar-refractivity contribution in [2.45, 2.75) is 13.8 Å². The molecule has 0 heterocycles. The third-order valence-electron chi connectivity index (χ3n) is 4.47. The lowest BCUT2D eigenvalue weighted by Gasteiger charge is -2.15. The minimum absolute atomic E-state index is 0.00527. The van der Waals surface area contributed by atoms with Crippen LogP contribution in [0.25, 0.3) is 11.6 Å². The average molecular weight is 399 g/mol. The zero-order valence-electron chi connectivity index (χ0n) is 17.9. The molecule has 0 fully saturated rings. The molecule has 0 aliphatic rings. The lowest BCUT2D eigenvalue weighted by Crippen LogP contribution is -2.29. The van der Waals surface area contributed by atoms with E-state index in [1.165, 1.54) is 0 Å². The zero-order chi connectivity index (χ0) is 21.4. The molecular formula is C23H29NO5. The predicted octanol–water partition coefficient (Wildman–Crippen LogP) is 4.03. The van der Waals surface area contributed by atoms with Gasteiger partial charge in [-0.1, -0.05) is 26.0 Å². The van der Waals surface area contributed by atoms with Gasteiger partial charge >= 0.3 is 0 Å². The summed E-state index contributed by atoms with van der Waals surface area (Å²) in [6.07, 6.45) is 1.99. The molecule has 6 nitrogen and oxygen atoms in total. The molecule has 0 aromatic heterocycles. The van der Waals surface area contributed by atoms with Gasteiger partial charge in [0.25, 0.3) is 0 Å². The first-order valence-electron chi connectivity index (χ1n) is 9.36. The minimum atomic E-state index is -0.0895. The van der Waals surface area contributed by atoms with Crippen molar-refractivity contribution in [3.63, 3.8) is 0 Å². The van der Waals surface area contributed by atoms with E-state index in [0.29, 0.717) is 23.8 Å². The number of methoxy groups -OCH3 is 4. The van der Waals surface area contributed by atoms with E-state index in [0.717, 1.165) is 22.4 Å². The van der Waals surface area contributed by atoms with E-state index in [2.05, 4.69) is 5.32 Å². The number of carbonyl (C=O) groups excluding carboxylic acids is 1. The molecule has 0 aliphatic carbocycles. The van der Waals surface area contributed by atoms with E-state index in [-0.39, 0.29) is 11.8 Å². The summed E-state index contributed by atoms with van der Waals surface area (Å²) < 4.78 is 21.5. The van der Waals surface area contributed by atoms with Gasteiger partial charge in [0.05, 0.1) is 28.4 Å². The molecule has 0 aliphatic heterocycles. The number of carbonyl (C=O) groups is 1. The molecular weight excluding hydrogens is 370 g/mol. The van der Waals surface area contributed by atoms with Crippen LogP contribution < -0.4 is 24.3 Å². The van der Waals surface area contributed by atoms with Gasteiger partial charge in [-0.15, -0.1) is 0 Å². The van der Waals surface area contributed by atoms with Crippen LogP contribution in [0.4, 0.5) is 0 Å². The van der Waals surface area contributed by atoms with Crippen molar-refractivity contribution < 1.29 is 23.7 Å². The second kappa shape index (κ2) is 10.4. The van der Waals surface area contributed by atoms with Crippen LogP contribution in [0.2, 0.25) is 0 Å². The van der Waals surface area contributed by atoms with Crippen LogP contribution in [0.3, 0.4) is 0 Å². The Labute approximate surface area is 172 Å². The topological polar surface area (TPSA) is 66.0 Å². The SMILES string of the molecule is COc1ccc(/C(=C\c2cc(OC)c(OC)c(OC)c2)CNC(=O)C(C)C)cc1. The van der Waals surface area contributed by atoms with Crippen molar-refractivity contribution in [1.82, 2.24) is 5.32 Å². The molecule has 0 saturated heterocycles. The lowest BCUT2D eigenvalue weighted by molar-refractivity contribution is -0.123. The van der Waals surface area contributed by atoms with Gasteiger partial charge in [-0.2, -0.15) is 0 Å². The second-order valence-corrected chi connectivity index (χ2v) is 6.73.